The Hall–Kier alpha value is -1.36. The highest BCUT2D eigenvalue weighted by Gasteiger charge is 2.24. The van der Waals surface area contributed by atoms with Crippen LogP contribution >= 0.6 is 0 Å². The van der Waals surface area contributed by atoms with E-state index in [1.54, 1.807) is 0 Å². The molecule has 1 aromatic rings. The Morgan fingerprint density at radius 2 is 2.16 bits per heavy atom. The van der Waals surface area contributed by atoms with Gasteiger partial charge in [-0.15, -0.1) is 0 Å². The second-order valence-electron chi connectivity index (χ2n) is 5.24. The molecule has 1 heterocycles. The van der Waals surface area contributed by atoms with E-state index in [0.717, 1.165) is 13.0 Å². The molecule has 2 unspecified atom stereocenters. The number of ether oxygens (including phenoxy) is 1. The lowest BCUT2D eigenvalue weighted by Crippen LogP contribution is -2.31. The molecule has 2 rings (SSSR count). The van der Waals surface area contributed by atoms with Crippen LogP contribution in [0.3, 0.4) is 0 Å². The van der Waals surface area contributed by atoms with Crippen molar-refractivity contribution in [3.63, 3.8) is 0 Å². The zero-order valence-corrected chi connectivity index (χ0v) is 11.5. The van der Waals surface area contributed by atoms with Crippen molar-refractivity contribution in [3.05, 3.63) is 22.2 Å². The highest BCUT2D eigenvalue weighted by Crippen LogP contribution is 2.29. The van der Waals surface area contributed by atoms with Crippen molar-refractivity contribution in [2.45, 2.75) is 39.0 Å². The van der Waals surface area contributed by atoms with Crippen LogP contribution in [0.1, 0.15) is 38.4 Å². The summed E-state index contributed by atoms with van der Waals surface area (Å²) < 4.78 is 5.71. The minimum Gasteiger partial charge on any atom is -0.477 e. The van der Waals surface area contributed by atoms with Crippen LogP contribution in [-0.4, -0.2) is 23.1 Å². The van der Waals surface area contributed by atoms with Crippen LogP contribution in [0.4, 0.5) is 0 Å². The molecule has 1 aromatic heterocycles. The van der Waals surface area contributed by atoms with E-state index in [0.29, 0.717) is 36.6 Å². The fraction of sp³-hybridized carbons (Fsp3) is 0.714. The Balaban J connectivity index is 1.97. The van der Waals surface area contributed by atoms with Gasteiger partial charge in [0.1, 0.15) is 5.82 Å². The summed E-state index contributed by atoms with van der Waals surface area (Å²) in [5, 5.41) is 0. The van der Waals surface area contributed by atoms with Gasteiger partial charge < -0.3 is 15.5 Å². The van der Waals surface area contributed by atoms with E-state index in [2.05, 4.69) is 9.97 Å². The lowest BCUT2D eigenvalue weighted by molar-refractivity contribution is 0.149. The zero-order valence-electron chi connectivity index (χ0n) is 11.5. The quantitative estimate of drug-likeness (QED) is 0.845. The SMILES string of the molecule is CCc1nc(OCC2CCCCC2CN)cc(=O)[nH]1. The molecule has 106 valence electrons. The average molecular weight is 265 g/mol. The van der Waals surface area contributed by atoms with E-state index >= 15 is 0 Å². The highest BCUT2D eigenvalue weighted by atomic mass is 16.5. The first-order valence-corrected chi connectivity index (χ1v) is 7.16. The van der Waals surface area contributed by atoms with E-state index < -0.39 is 0 Å². The number of aromatic nitrogens is 2. The third-order valence-corrected chi connectivity index (χ3v) is 3.92. The largest absolute Gasteiger partial charge is 0.477 e. The first-order chi connectivity index (χ1) is 9.22. The summed E-state index contributed by atoms with van der Waals surface area (Å²) in [5.74, 6) is 2.13. The molecule has 1 fully saturated rings. The lowest BCUT2D eigenvalue weighted by atomic mass is 9.80. The fourth-order valence-corrected chi connectivity index (χ4v) is 2.73. The number of rotatable bonds is 5. The Bertz CT molecular complexity index is 458. The van der Waals surface area contributed by atoms with Gasteiger partial charge in [-0.05, 0) is 31.2 Å². The van der Waals surface area contributed by atoms with Crippen molar-refractivity contribution in [2.75, 3.05) is 13.2 Å². The van der Waals surface area contributed by atoms with E-state index in [-0.39, 0.29) is 5.56 Å². The van der Waals surface area contributed by atoms with Gasteiger partial charge in [0.05, 0.1) is 12.7 Å². The van der Waals surface area contributed by atoms with Gasteiger partial charge in [0.2, 0.25) is 5.88 Å². The van der Waals surface area contributed by atoms with E-state index in [4.69, 9.17) is 10.5 Å². The Labute approximate surface area is 113 Å². The Morgan fingerprint density at radius 1 is 1.42 bits per heavy atom. The molecule has 0 saturated heterocycles. The Morgan fingerprint density at radius 3 is 2.84 bits per heavy atom. The summed E-state index contributed by atoms with van der Waals surface area (Å²) in [6.45, 7) is 3.28. The van der Waals surface area contributed by atoms with Crippen molar-refractivity contribution in [1.82, 2.24) is 9.97 Å². The summed E-state index contributed by atoms with van der Waals surface area (Å²) in [6, 6.07) is 1.42. The molecule has 0 aliphatic heterocycles. The fourth-order valence-electron chi connectivity index (χ4n) is 2.73. The monoisotopic (exact) mass is 265 g/mol. The van der Waals surface area contributed by atoms with Crippen molar-refractivity contribution in [1.29, 1.82) is 0 Å². The molecule has 0 amide bonds. The summed E-state index contributed by atoms with van der Waals surface area (Å²) in [5.41, 5.74) is 5.65. The molecule has 0 radical (unpaired) electrons. The molecule has 1 aliphatic rings. The van der Waals surface area contributed by atoms with E-state index in [9.17, 15) is 4.79 Å². The summed E-state index contributed by atoms with van der Waals surface area (Å²) in [6.07, 6.45) is 5.55. The van der Waals surface area contributed by atoms with Gasteiger partial charge in [-0.25, -0.2) is 4.98 Å². The molecule has 5 nitrogen and oxygen atoms in total. The van der Waals surface area contributed by atoms with Crippen molar-refractivity contribution in [2.24, 2.45) is 17.6 Å². The molecule has 0 bridgehead atoms. The van der Waals surface area contributed by atoms with Crippen molar-refractivity contribution >= 4 is 0 Å². The highest BCUT2D eigenvalue weighted by molar-refractivity contribution is 5.08. The lowest BCUT2D eigenvalue weighted by Gasteiger charge is -2.30. The number of nitrogens with zero attached hydrogens (tertiary/aromatic N) is 1. The predicted octanol–water partition coefficient (Wildman–Crippen LogP) is 1.48. The second kappa shape index (κ2) is 6.70. The maximum absolute atomic E-state index is 11.4. The van der Waals surface area contributed by atoms with Crippen LogP contribution in [0.15, 0.2) is 10.9 Å². The van der Waals surface area contributed by atoms with Gasteiger partial charge in [-0.2, -0.15) is 0 Å². The standard InChI is InChI=1S/C14H23N3O2/c1-2-12-16-13(18)7-14(17-12)19-9-11-6-4-3-5-10(11)8-15/h7,10-11H,2-6,8-9,15H2,1H3,(H,16,17,18). The third kappa shape index (κ3) is 3.80. The smallest absolute Gasteiger partial charge is 0.254 e. The van der Waals surface area contributed by atoms with E-state index in [1.165, 1.54) is 25.3 Å². The molecule has 2 atom stereocenters. The van der Waals surface area contributed by atoms with Gasteiger partial charge in [0, 0.05) is 6.42 Å². The van der Waals surface area contributed by atoms with Crippen LogP contribution in [0.5, 0.6) is 5.88 Å². The van der Waals surface area contributed by atoms with Crippen LogP contribution in [-0.2, 0) is 6.42 Å². The number of aromatic amines is 1. The van der Waals surface area contributed by atoms with E-state index in [1.807, 2.05) is 6.92 Å². The number of nitrogens with two attached hydrogens (primary N) is 1. The number of aryl methyl sites for hydroxylation is 1. The number of nitrogens with one attached hydrogen (secondary N) is 1. The molecule has 0 spiro atoms. The average Bonchev–Trinajstić information content (AvgIpc) is 2.44. The number of H-pyrrole nitrogens is 1. The third-order valence-electron chi connectivity index (χ3n) is 3.92. The normalized spacial score (nSPS) is 23.3. The molecule has 0 aromatic carbocycles. The molecule has 19 heavy (non-hydrogen) atoms. The molecular weight excluding hydrogens is 242 g/mol. The van der Waals surface area contributed by atoms with Gasteiger partial charge >= 0.3 is 0 Å². The summed E-state index contributed by atoms with van der Waals surface area (Å²) >= 11 is 0. The molecule has 5 heteroatoms. The zero-order chi connectivity index (χ0) is 13.7. The van der Waals surface area contributed by atoms with Crippen LogP contribution in [0, 0.1) is 11.8 Å². The predicted molar refractivity (Wildman–Crippen MR) is 74.2 cm³/mol. The molecule has 1 saturated carbocycles. The topological polar surface area (TPSA) is 81.0 Å². The second-order valence-corrected chi connectivity index (χ2v) is 5.24. The number of hydrogen-bond acceptors (Lipinski definition) is 4. The molecular formula is C14H23N3O2. The van der Waals surface area contributed by atoms with Crippen LogP contribution in [0.25, 0.3) is 0 Å². The van der Waals surface area contributed by atoms with Gasteiger partial charge in [0.15, 0.2) is 0 Å². The maximum atomic E-state index is 11.4. The molecule has 3 N–H and O–H groups in total. The van der Waals surface area contributed by atoms with Crippen LogP contribution in [0.2, 0.25) is 0 Å². The summed E-state index contributed by atoms with van der Waals surface area (Å²) in [4.78, 5) is 18.4. The first-order valence-electron chi connectivity index (χ1n) is 7.16. The van der Waals surface area contributed by atoms with Gasteiger partial charge in [-0.3, -0.25) is 4.79 Å². The summed E-state index contributed by atoms with van der Waals surface area (Å²) in [7, 11) is 0. The van der Waals surface area contributed by atoms with Crippen LogP contribution < -0.4 is 16.0 Å². The Kier molecular flexibility index (Phi) is 4.96. The maximum Gasteiger partial charge on any atom is 0.254 e. The van der Waals surface area contributed by atoms with Crippen molar-refractivity contribution < 1.29 is 4.74 Å². The first kappa shape index (κ1) is 14.1. The minimum atomic E-state index is -0.152. The van der Waals surface area contributed by atoms with Gasteiger partial charge in [-0.1, -0.05) is 19.8 Å². The minimum absolute atomic E-state index is 0.152. The molecule has 1 aliphatic carbocycles. The van der Waals surface area contributed by atoms with Crippen molar-refractivity contribution in [3.8, 4) is 5.88 Å². The van der Waals surface area contributed by atoms with Gasteiger partial charge in [0.25, 0.3) is 5.56 Å². The number of hydrogen-bond donors (Lipinski definition) is 2.